The first-order chi connectivity index (χ1) is 13.1. The highest BCUT2D eigenvalue weighted by Gasteiger charge is 2.22. The normalized spacial score (nSPS) is 14.0. The number of nitrogens with zero attached hydrogens (tertiary/aromatic N) is 4. The molecule has 0 fully saturated rings. The number of halogens is 1. The Morgan fingerprint density at radius 2 is 2.22 bits per heavy atom. The van der Waals surface area contributed by atoms with Crippen LogP contribution in [0.3, 0.4) is 0 Å². The first-order valence-corrected chi connectivity index (χ1v) is 8.57. The number of ether oxygens (including phenoxy) is 1. The second-order valence-corrected chi connectivity index (χ2v) is 6.35. The maximum absolute atomic E-state index is 14.2. The van der Waals surface area contributed by atoms with Gasteiger partial charge in [0.2, 0.25) is 0 Å². The number of rotatable bonds is 4. The fourth-order valence-corrected chi connectivity index (χ4v) is 3.18. The van der Waals surface area contributed by atoms with Crippen molar-refractivity contribution in [2.45, 2.75) is 19.5 Å². The van der Waals surface area contributed by atoms with E-state index < -0.39 is 0 Å². The number of H-pyrrole nitrogens is 1. The fourth-order valence-electron chi connectivity index (χ4n) is 3.18. The highest BCUT2D eigenvalue weighted by Crippen LogP contribution is 2.21. The van der Waals surface area contributed by atoms with E-state index in [1.54, 1.807) is 30.7 Å². The van der Waals surface area contributed by atoms with Crippen LogP contribution in [0.1, 0.15) is 16.8 Å². The van der Waals surface area contributed by atoms with Crippen molar-refractivity contribution < 1.29 is 9.13 Å². The molecule has 2 aromatic heterocycles. The molecular weight excluding hydrogens is 349 g/mol. The third kappa shape index (κ3) is 3.56. The lowest BCUT2D eigenvalue weighted by molar-refractivity contribution is 0.238. The van der Waals surface area contributed by atoms with E-state index in [1.807, 2.05) is 4.90 Å². The minimum absolute atomic E-state index is 0.194. The topological polar surface area (TPSA) is 84.0 Å². The van der Waals surface area contributed by atoms with E-state index in [4.69, 9.17) is 4.74 Å². The highest BCUT2D eigenvalue weighted by atomic mass is 19.1. The second-order valence-electron chi connectivity index (χ2n) is 6.35. The zero-order chi connectivity index (χ0) is 18.8. The molecule has 4 rings (SSSR count). The number of aromatic nitrogens is 4. The molecule has 1 aliphatic heterocycles. The SMILES string of the molecule is COc1ccc(CN2CCc3nc(-c4cnccn4)[nH]c(=O)c3C2)c(F)c1. The van der Waals surface area contributed by atoms with Crippen LogP contribution in [0.5, 0.6) is 5.75 Å². The van der Waals surface area contributed by atoms with E-state index in [1.165, 1.54) is 13.2 Å². The van der Waals surface area contributed by atoms with Gasteiger partial charge in [0, 0.05) is 50.1 Å². The quantitative estimate of drug-likeness (QED) is 0.759. The van der Waals surface area contributed by atoms with Gasteiger partial charge in [-0.2, -0.15) is 0 Å². The molecule has 0 spiro atoms. The van der Waals surface area contributed by atoms with Gasteiger partial charge in [-0.3, -0.25) is 14.7 Å². The minimum atomic E-state index is -0.315. The molecule has 0 amide bonds. The van der Waals surface area contributed by atoms with E-state index in [2.05, 4.69) is 19.9 Å². The summed E-state index contributed by atoms with van der Waals surface area (Å²) in [6.45, 7) is 1.53. The lowest BCUT2D eigenvalue weighted by Gasteiger charge is -2.27. The molecule has 1 N–H and O–H groups in total. The van der Waals surface area contributed by atoms with Crippen molar-refractivity contribution in [1.82, 2.24) is 24.8 Å². The van der Waals surface area contributed by atoms with E-state index in [0.717, 1.165) is 5.69 Å². The van der Waals surface area contributed by atoms with Crippen molar-refractivity contribution in [1.29, 1.82) is 0 Å². The average molecular weight is 367 g/mol. The van der Waals surface area contributed by atoms with Crippen LogP contribution in [-0.2, 0) is 19.5 Å². The molecule has 3 heterocycles. The third-order valence-corrected chi connectivity index (χ3v) is 4.61. The Balaban J connectivity index is 1.56. The number of fused-ring (bicyclic) bond motifs is 1. The van der Waals surface area contributed by atoms with Crippen molar-refractivity contribution in [2.75, 3.05) is 13.7 Å². The fraction of sp³-hybridized carbons (Fsp3) is 0.263. The molecule has 0 saturated heterocycles. The van der Waals surface area contributed by atoms with Gasteiger partial charge in [0.25, 0.3) is 5.56 Å². The number of methoxy groups -OCH3 is 1. The summed E-state index contributed by atoms with van der Waals surface area (Å²) in [7, 11) is 1.50. The van der Waals surface area contributed by atoms with Gasteiger partial charge in [-0.1, -0.05) is 6.07 Å². The van der Waals surface area contributed by atoms with Gasteiger partial charge in [0.05, 0.1) is 24.6 Å². The molecule has 3 aromatic rings. The molecule has 1 aliphatic rings. The molecule has 0 unspecified atom stereocenters. The Hall–Kier alpha value is -3.13. The van der Waals surface area contributed by atoms with Crippen LogP contribution in [0, 0.1) is 5.82 Å². The Bertz CT molecular complexity index is 1020. The zero-order valence-corrected chi connectivity index (χ0v) is 14.8. The molecule has 7 nitrogen and oxygen atoms in total. The van der Waals surface area contributed by atoms with E-state index in [9.17, 15) is 9.18 Å². The first kappa shape index (κ1) is 17.3. The monoisotopic (exact) mass is 367 g/mol. The maximum atomic E-state index is 14.2. The van der Waals surface area contributed by atoms with Crippen molar-refractivity contribution >= 4 is 0 Å². The maximum Gasteiger partial charge on any atom is 0.255 e. The molecule has 0 bridgehead atoms. The van der Waals surface area contributed by atoms with Crippen molar-refractivity contribution in [3.8, 4) is 17.3 Å². The Labute approximate surface area is 154 Å². The highest BCUT2D eigenvalue weighted by molar-refractivity contribution is 5.47. The number of benzene rings is 1. The lowest BCUT2D eigenvalue weighted by atomic mass is 10.1. The summed E-state index contributed by atoms with van der Waals surface area (Å²) in [5.74, 6) is 0.587. The van der Waals surface area contributed by atoms with Gasteiger partial charge in [0.1, 0.15) is 17.3 Å². The summed E-state index contributed by atoms with van der Waals surface area (Å²) in [6, 6.07) is 4.82. The molecule has 0 atom stereocenters. The predicted octanol–water partition coefficient (Wildman–Crippen LogP) is 1.93. The van der Waals surface area contributed by atoms with Gasteiger partial charge in [-0.05, 0) is 6.07 Å². The molecule has 0 aliphatic carbocycles. The molecule has 1 aromatic carbocycles. The standard InChI is InChI=1S/C19H18FN5O2/c1-27-13-3-2-12(15(20)8-13)10-25-7-4-16-14(11-25)19(26)24-18(23-16)17-9-21-5-6-22-17/h2-3,5-6,8-9H,4,7,10-11H2,1H3,(H,23,24,26). The van der Waals surface area contributed by atoms with Crippen LogP contribution >= 0.6 is 0 Å². The summed E-state index contributed by atoms with van der Waals surface area (Å²) in [5, 5.41) is 0. The summed E-state index contributed by atoms with van der Waals surface area (Å²) >= 11 is 0. The van der Waals surface area contributed by atoms with Gasteiger partial charge in [-0.15, -0.1) is 0 Å². The lowest BCUT2D eigenvalue weighted by Crippen LogP contribution is -2.35. The summed E-state index contributed by atoms with van der Waals surface area (Å²) < 4.78 is 19.2. The molecule has 8 heteroatoms. The summed E-state index contributed by atoms with van der Waals surface area (Å²) in [4.78, 5) is 30.1. The van der Waals surface area contributed by atoms with Crippen molar-refractivity contribution in [2.24, 2.45) is 0 Å². The Morgan fingerprint density at radius 3 is 2.96 bits per heavy atom. The molecule has 0 saturated carbocycles. The van der Waals surface area contributed by atoms with Crippen LogP contribution < -0.4 is 10.3 Å². The number of hydrogen-bond donors (Lipinski definition) is 1. The van der Waals surface area contributed by atoms with Crippen LogP contribution in [0.2, 0.25) is 0 Å². The Kier molecular flexibility index (Phi) is 4.64. The average Bonchev–Trinajstić information content (AvgIpc) is 2.70. The largest absolute Gasteiger partial charge is 0.497 e. The molecule has 138 valence electrons. The number of aromatic amines is 1. The van der Waals surface area contributed by atoms with E-state index in [-0.39, 0.29) is 11.4 Å². The van der Waals surface area contributed by atoms with Crippen molar-refractivity contribution in [3.05, 3.63) is 69.8 Å². The van der Waals surface area contributed by atoms with Crippen molar-refractivity contribution in [3.63, 3.8) is 0 Å². The van der Waals surface area contributed by atoms with Crippen LogP contribution in [0.25, 0.3) is 11.5 Å². The molecule has 0 radical (unpaired) electrons. The van der Waals surface area contributed by atoms with Gasteiger partial charge in [0.15, 0.2) is 5.82 Å². The predicted molar refractivity (Wildman–Crippen MR) is 96.7 cm³/mol. The van der Waals surface area contributed by atoms with Crippen LogP contribution in [0.15, 0.2) is 41.6 Å². The van der Waals surface area contributed by atoms with E-state index in [0.29, 0.717) is 54.4 Å². The first-order valence-electron chi connectivity index (χ1n) is 8.57. The number of hydrogen-bond acceptors (Lipinski definition) is 6. The van der Waals surface area contributed by atoms with Gasteiger partial charge in [-0.25, -0.2) is 14.4 Å². The summed E-state index contributed by atoms with van der Waals surface area (Å²) in [6.07, 6.45) is 5.30. The van der Waals surface area contributed by atoms with Gasteiger partial charge < -0.3 is 9.72 Å². The summed E-state index contributed by atoms with van der Waals surface area (Å²) in [5.41, 5.74) is 2.27. The number of nitrogens with one attached hydrogen (secondary N) is 1. The zero-order valence-electron chi connectivity index (χ0n) is 14.8. The smallest absolute Gasteiger partial charge is 0.255 e. The Morgan fingerprint density at radius 1 is 1.33 bits per heavy atom. The third-order valence-electron chi connectivity index (χ3n) is 4.61. The minimum Gasteiger partial charge on any atom is -0.497 e. The second kappa shape index (κ2) is 7.24. The molecular formula is C19H18FN5O2. The van der Waals surface area contributed by atoms with E-state index >= 15 is 0 Å². The molecule has 27 heavy (non-hydrogen) atoms. The van der Waals surface area contributed by atoms with Gasteiger partial charge >= 0.3 is 0 Å². The van der Waals surface area contributed by atoms with Crippen LogP contribution in [-0.4, -0.2) is 38.5 Å². The van der Waals surface area contributed by atoms with Crippen LogP contribution in [0.4, 0.5) is 4.39 Å².